The number of aryl methyl sites for hydroxylation is 1. The summed E-state index contributed by atoms with van der Waals surface area (Å²) in [5.41, 5.74) is -0.0529. The lowest BCUT2D eigenvalue weighted by atomic mass is 9.99. The van der Waals surface area contributed by atoms with Gasteiger partial charge in [0.1, 0.15) is 23.1 Å². The number of nitrogens with zero attached hydrogens (tertiary/aromatic N) is 1. The summed E-state index contributed by atoms with van der Waals surface area (Å²) in [6.07, 6.45) is -0.416. The van der Waals surface area contributed by atoms with Crippen LogP contribution in [0.3, 0.4) is 0 Å². The lowest BCUT2D eigenvalue weighted by molar-refractivity contribution is 0.0892. The predicted octanol–water partition coefficient (Wildman–Crippen LogP) is 2.03. The van der Waals surface area contributed by atoms with E-state index in [1.165, 1.54) is 33.3 Å². The molecule has 7 heteroatoms. The number of carbonyl (C=O) groups excluding carboxylic acids is 2. The van der Waals surface area contributed by atoms with Crippen LogP contribution in [0.1, 0.15) is 38.4 Å². The molecule has 2 rings (SSSR count). The topological polar surface area (TPSA) is 109 Å². The lowest BCUT2D eigenvalue weighted by Gasteiger charge is -2.10. The molecule has 1 aromatic heterocycles. The summed E-state index contributed by atoms with van der Waals surface area (Å²) < 4.78 is 10.2. The highest BCUT2D eigenvalue weighted by molar-refractivity contribution is 6.14. The van der Waals surface area contributed by atoms with Gasteiger partial charge in [-0.2, -0.15) is 5.26 Å². The van der Waals surface area contributed by atoms with Crippen molar-refractivity contribution in [1.29, 1.82) is 5.26 Å². The smallest absolute Gasteiger partial charge is 0.266 e. The number of hydrogen-bond acceptors (Lipinski definition) is 6. The van der Waals surface area contributed by atoms with Gasteiger partial charge in [-0.3, -0.25) is 14.4 Å². The number of ketones is 2. The van der Waals surface area contributed by atoms with E-state index in [9.17, 15) is 14.4 Å². The Hall–Kier alpha value is -3.40. The van der Waals surface area contributed by atoms with Gasteiger partial charge in [0, 0.05) is 17.3 Å². The van der Waals surface area contributed by atoms with Crippen molar-refractivity contribution in [3.63, 3.8) is 0 Å². The molecule has 0 saturated carbocycles. The molecule has 1 aromatic carbocycles. The van der Waals surface area contributed by atoms with Gasteiger partial charge in [0.2, 0.25) is 0 Å². The molecule has 1 heterocycles. The first-order chi connectivity index (χ1) is 11.9. The number of hydrogen-bond donors (Lipinski definition) is 1. The Morgan fingerprint density at radius 3 is 2.40 bits per heavy atom. The van der Waals surface area contributed by atoms with Crippen LogP contribution < -0.4 is 15.0 Å². The second-order valence-corrected chi connectivity index (χ2v) is 5.25. The monoisotopic (exact) mass is 340 g/mol. The maximum atomic E-state index is 12.5. The molecule has 0 amide bonds. The van der Waals surface area contributed by atoms with E-state index in [0.717, 1.165) is 0 Å². The minimum atomic E-state index is -0.570. The zero-order chi connectivity index (χ0) is 18.6. The third kappa shape index (κ3) is 3.75. The fourth-order valence-electron chi connectivity index (χ4n) is 2.36. The third-order valence-corrected chi connectivity index (χ3v) is 3.69. The summed E-state index contributed by atoms with van der Waals surface area (Å²) in [6, 6.07) is 7.59. The van der Waals surface area contributed by atoms with E-state index in [2.05, 4.69) is 4.98 Å². The summed E-state index contributed by atoms with van der Waals surface area (Å²) in [6.45, 7) is 1.54. The van der Waals surface area contributed by atoms with Gasteiger partial charge in [0.05, 0.1) is 26.2 Å². The first-order valence-electron chi connectivity index (χ1n) is 7.33. The van der Waals surface area contributed by atoms with E-state index in [1.54, 1.807) is 18.2 Å². The van der Waals surface area contributed by atoms with Crippen LogP contribution in [0.5, 0.6) is 11.5 Å². The van der Waals surface area contributed by atoms with E-state index >= 15 is 0 Å². The summed E-state index contributed by atoms with van der Waals surface area (Å²) in [7, 11) is 2.91. The van der Waals surface area contributed by atoms with Gasteiger partial charge in [-0.1, -0.05) is 0 Å². The van der Waals surface area contributed by atoms with E-state index in [0.29, 0.717) is 17.2 Å². The molecule has 0 aliphatic rings. The van der Waals surface area contributed by atoms with E-state index in [-0.39, 0.29) is 16.7 Å². The van der Waals surface area contributed by atoms with Crippen LogP contribution in [0.15, 0.2) is 29.1 Å². The van der Waals surface area contributed by atoms with Crippen LogP contribution in [0.2, 0.25) is 0 Å². The number of Topliss-reactive ketones (excluding diaryl/α,β-unsaturated/α-hetero) is 2. The van der Waals surface area contributed by atoms with Gasteiger partial charge < -0.3 is 14.5 Å². The molecule has 25 heavy (non-hydrogen) atoms. The maximum absolute atomic E-state index is 12.5. The normalized spacial score (nSPS) is 10.0. The van der Waals surface area contributed by atoms with Gasteiger partial charge in [-0.25, -0.2) is 0 Å². The van der Waals surface area contributed by atoms with Gasteiger partial charge in [-0.05, 0) is 25.1 Å². The van der Waals surface area contributed by atoms with Crippen molar-refractivity contribution >= 4 is 11.6 Å². The van der Waals surface area contributed by atoms with E-state index in [4.69, 9.17) is 14.7 Å². The molecular formula is C18H16N2O5. The van der Waals surface area contributed by atoms with Crippen molar-refractivity contribution in [1.82, 2.24) is 4.98 Å². The fraction of sp³-hybridized carbons (Fsp3) is 0.222. The summed E-state index contributed by atoms with van der Waals surface area (Å²) >= 11 is 0. The zero-order valence-corrected chi connectivity index (χ0v) is 14.0. The van der Waals surface area contributed by atoms with Crippen LogP contribution >= 0.6 is 0 Å². The SMILES string of the molecule is COc1ccc(C(=O)CC(=O)c2cc(C#N)c(=O)[nH]c2C)c(OC)c1. The summed E-state index contributed by atoms with van der Waals surface area (Å²) in [5.74, 6) is -0.107. The average Bonchev–Trinajstić information content (AvgIpc) is 2.60. The third-order valence-electron chi connectivity index (χ3n) is 3.69. The second-order valence-electron chi connectivity index (χ2n) is 5.25. The van der Waals surface area contributed by atoms with Crippen molar-refractivity contribution < 1.29 is 19.1 Å². The average molecular weight is 340 g/mol. The molecule has 128 valence electrons. The van der Waals surface area contributed by atoms with Crippen LogP contribution in [0, 0.1) is 18.3 Å². The number of benzene rings is 1. The quantitative estimate of drug-likeness (QED) is 0.636. The molecule has 0 atom stereocenters. The van der Waals surface area contributed by atoms with Crippen molar-refractivity contribution in [2.24, 2.45) is 0 Å². The molecule has 0 fully saturated rings. The molecule has 0 saturated heterocycles. The minimum Gasteiger partial charge on any atom is -0.497 e. The predicted molar refractivity (Wildman–Crippen MR) is 89.3 cm³/mol. The van der Waals surface area contributed by atoms with Gasteiger partial charge in [-0.15, -0.1) is 0 Å². The molecule has 2 aromatic rings. The minimum absolute atomic E-state index is 0.136. The first-order valence-corrected chi connectivity index (χ1v) is 7.33. The summed E-state index contributed by atoms with van der Waals surface area (Å²) in [5, 5.41) is 8.92. The number of aromatic nitrogens is 1. The van der Waals surface area contributed by atoms with Gasteiger partial charge in [0.25, 0.3) is 5.56 Å². The Morgan fingerprint density at radius 2 is 1.80 bits per heavy atom. The molecule has 0 spiro atoms. The number of aromatic amines is 1. The largest absolute Gasteiger partial charge is 0.497 e. The molecule has 0 aliphatic heterocycles. The number of rotatable bonds is 6. The van der Waals surface area contributed by atoms with Gasteiger partial charge in [0.15, 0.2) is 11.6 Å². The Labute approximate surface area is 143 Å². The van der Waals surface area contributed by atoms with Crippen LogP contribution in [0.25, 0.3) is 0 Å². The summed E-state index contributed by atoms with van der Waals surface area (Å²) in [4.78, 5) is 38.9. The Bertz CT molecular complexity index is 937. The van der Waals surface area contributed by atoms with Crippen molar-refractivity contribution in [3.05, 3.63) is 57.0 Å². The van der Waals surface area contributed by atoms with E-state index < -0.39 is 23.5 Å². The van der Waals surface area contributed by atoms with Crippen molar-refractivity contribution in [2.45, 2.75) is 13.3 Å². The number of nitriles is 1. The highest BCUT2D eigenvalue weighted by Crippen LogP contribution is 2.26. The Morgan fingerprint density at radius 1 is 1.12 bits per heavy atom. The maximum Gasteiger partial charge on any atom is 0.266 e. The lowest BCUT2D eigenvalue weighted by Crippen LogP contribution is -2.17. The van der Waals surface area contributed by atoms with Crippen LogP contribution in [-0.2, 0) is 0 Å². The molecule has 0 radical (unpaired) electrons. The Kier molecular flexibility index (Phi) is 5.35. The van der Waals surface area contributed by atoms with Crippen molar-refractivity contribution in [3.8, 4) is 17.6 Å². The van der Waals surface area contributed by atoms with Gasteiger partial charge >= 0.3 is 0 Å². The van der Waals surface area contributed by atoms with Crippen LogP contribution in [-0.4, -0.2) is 30.8 Å². The van der Waals surface area contributed by atoms with E-state index in [1.807, 2.05) is 0 Å². The number of pyridine rings is 1. The highest BCUT2D eigenvalue weighted by atomic mass is 16.5. The molecule has 1 N–H and O–H groups in total. The van der Waals surface area contributed by atoms with Crippen molar-refractivity contribution in [2.75, 3.05) is 14.2 Å². The number of carbonyl (C=O) groups is 2. The standard InChI is InChI=1S/C18H16N2O5/c1-10-14(6-11(9-19)18(23)20-10)16(22)8-15(21)13-5-4-12(24-2)7-17(13)25-3/h4-7H,8H2,1-3H3,(H,20,23). The highest BCUT2D eigenvalue weighted by Gasteiger charge is 2.20. The first kappa shape index (κ1) is 17.9. The second kappa shape index (κ2) is 7.45. The molecule has 0 aliphatic carbocycles. The number of H-pyrrole nitrogens is 1. The molecular weight excluding hydrogens is 324 g/mol. The molecule has 0 bridgehead atoms. The number of methoxy groups -OCH3 is 2. The molecule has 0 unspecified atom stereocenters. The fourth-order valence-corrected chi connectivity index (χ4v) is 2.36. The number of nitrogens with one attached hydrogen (secondary N) is 1. The number of ether oxygens (including phenoxy) is 2. The zero-order valence-electron chi connectivity index (χ0n) is 14.0. The Balaban J connectivity index is 2.31. The molecule has 7 nitrogen and oxygen atoms in total. The van der Waals surface area contributed by atoms with Crippen LogP contribution in [0.4, 0.5) is 0 Å².